The van der Waals surface area contributed by atoms with Crippen molar-refractivity contribution in [2.75, 3.05) is 6.54 Å². The van der Waals surface area contributed by atoms with E-state index in [0.29, 0.717) is 29.5 Å². The van der Waals surface area contributed by atoms with E-state index in [1.807, 2.05) is 37.4 Å². The molecule has 2 aromatic heterocycles. The van der Waals surface area contributed by atoms with Crippen molar-refractivity contribution >= 4 is 29.2 Å². The number of nitrogens with one attached hydrogen (secondary N) is 2. The summed E-state index contributed by atoms with van der Waals surface area (Å²) in [5.41, 5.74) is 3.67. The van der Waals surface area contributed by atoms with Gasteiger partial charge in [-0.2, -0.15) is 5.10 Å². The summed E-state index contributed by atoms with van der Waals surface area (Å²) in [5.74, 6) is 0.938. The van der Waals surface area contributed by atoms with Gasteiger partial charge >= 0.3 is 0 Å². The Morgan fingerprint density at radius 1 is 1.28 bits per heavy atom. The highest BCUT2D eigenvalue weighted by Crippen LogP contribution is 2.22. The summed E-state index contributed by atoms with van der Waals surface area (Å²) in [6.45, 7) is 6.11. The fraction of sp³-hybridized carbons (Fsp3) is 0.136. The van der Waals surface area contributed by atoms with Gasteiger partial charge < -0.3 is 10.3 Å². The van der Waals surface area contributed by atoms with Gasteiger partial charge in [-0.1, -0.05) is 18.2 Å². The number of aromatic amines is 1. The van der Waals surface area contributed by atoms with Gasteiger partial charge in [0.25, 0.3) is 0 Å². The molecule has 0 fully saturated rings. The van der Waals surface area contributed by atoms with Gasteiger partial charge in [0, 0.05) is 48.2 Å². The number of allylic oxidation sites excluding steroid dienone is 1. The number of pyridine rings is 1. The normalized spacial score (nSPS) is 16.9. The number of hydrogen-bond acceptors (Lipinski definition) is 4. The molecule has 1 aliphatic heterocycles. The first-order valence-electron chi connectivity index (χ1n) is 9.31. The van der Waals surface area contributed by atoms with Crippen LogP contribution in [0.4, 0.5) is 4.39 Å². The fourth-order valence-electron chi connectivity index (χ4n) is 3.34. The summed E-state index contributed by atoms with van der Waals surface area (Å²) in [7, 11) is 0. The van der Waals surface area contributed by atoms with Crippen molar-refractivity contribution in [3.63, 3.8) is 0 Å². The molecule has 0 spiro atoms. The van der Waals surface area contributed by atoms with Gasteiger partial charge in [0.15, 0.2) is 5.84 Å². The van der Waals surface area contributed by atoms with E-state index in [4.69, 9.17) is 4.99 Å². The second kappa shape index (κ2) is 8.10. The van der Waals surface area contributed by atoms with Crippen LogP contribution in [0, 0.1) is 5.82 Å². The average molecular weight is 388 g/mol. The third-order valence-corrected chi connectivity index (χ3v) is 4.74. The van der Waals surface area contributed by atoms with E-state index in [1.165, 1.54) is 23.2 Å². The summed E-state index contributed by atoms with van der Waals surface area (Å²) in [6.07, 6.45) is 9.28. The van der Waals surface area contributed by atoms with E-state index in [0.717, 1.165) is 11.9 Å². The molecule has 0 aliphatic carbocycles. The van der Waals surface area contributed by atoms with Crippen molar-refractivity contribution in [1.82, 2.24) is 20.3 Å². The molecule has 3 heterocycles. The first-order valence-corrected chi connectivity index (χ1v) is 9.31. The van der Waals surface area contributed by atoms with E-state index in [1.54, 1.807) is 11.2 Å². The lowest BCUT2D eigenvalue weighted by Crippen LogP contribution is -2.36. The Morgan fingerprint density at radius 3 is 2.93 bits per heavy atom. The summed E-state index contributed by atoms with van der Waals surface area (Å²) >= 11 is 0. The summed E-state index contributed by atoms with van der Waals surface area (Å²) in [4.78, 5) is 12.0. The Labute approximate surface area is 168 Å². The highest BCUT2D eigenvalue weighted by Gasteiger charge is 2.21. The zero-order valence-electron chi connectivity index (χ0n) is 16.1. The number of hydrogen-bond donors (Lipinski definition) is 2. The molecule has 3 aromatic rings. The van der Waals surface area contributed by atoms with Crippen LogP contribution < -0.4 is 5.32 Å². The number of halogens is 1. The molecule has 1 aromatic carbocycles. The minimum Gasteiger partial charge on any atom is -0.361 e. The van der Waals surface area contributed by atoms with Crippen LogP contribution in [0.25, 0.3) is 16.6 Å². The highest BCUT2D eigenvalue weighted by molar-refractivity contribution is 6.02. The summed E-state index contributed by atoms with van der Waals surface area (Å²) in [6, 6.07) is 9.63. The summed E-state index contributed by atoms with van der Waals surface area (Å²) < 4.78 is 13.6. The van der Waals surface area contributed by atoms with Crippen LogP contribution in [0.3, 0.4) is 0 Å². The maximum Gasteiger partial charge on any atom is 0.153 e. The molecule has 0 radical (unpaired) electrons. The Balaban J connectivity index is 1.63. The molecule has 146 valence electrons. The second-order valence-electron chi connectivity index (χ2n) is 6.55. The van der Waals surface area contributed by atoms with E-state index in [-0.39, 0.29) is 0 Å². The van der Waals surface area contributed by atoms with Crippen LogP contribution in [-0.2, 0) is 6.42 Å². The third-order valence-electron chi connectivity index (χ3n) is 4.74. The van der Waals surface area contributed by atoms with Crippen LogP contribution in [0.15, 0.2) is 77.0 Å². The maximum atomic E-state index is 13.6. The van der Waals surface area contributed by atoms with E-state index >= 15 is 0 Å². The van der Waals surface area contributed by atoms with Crippen LogP contribution in [0.5, 0.6) is 0 Å². The SMILES string of the molecule is C=NN1C(=NCCc2c[nH]c3ccccc23)C=C(c2cncc(F)c2)N/C1=C/C. The van der Waals surface area contributed by atoms with Gasteiger partial charge in [-0.25, -0.2) is 9.40 Å². The van der Waals surface area contributed by atoms with Gasteiger partial charge in [0.05, 0.1) is 11.9 Å². The van der Waals surface area contributed by atoms with E-state index in [2.05, 4.69) is 39.2 Å². The number of rotatable bonds is 5. The number of fused-ring (bicyclic) bond motifs is 1. The van der Waals surface area contributed by atoms with Gasteiger partial charge in [-0.3, -0.25) is 9.98 Å². The molecule has 29 heavy (non-hydrogen) atoms. The van der Waals surface area contributed by atoms with Gasteiger partial charge in [-0.05, 0) is 37.1 Å². The largest absolute Gasteiger partial charge is 0.361 e. The molecule has 0 saturated heterocycles. The number of aliphatic imine (C=N–C) groups is 1. The van der Waals surface area contributed by atoms with Crippen LogP contribution in [0.2, 0.25) is 0 Å². The quantitative estimate of drug-likeness (QED) is 0.648. The lowest BCUT2D eigenvalue weighted by molar-refractivity contribution is 0.516. The predicted octanol–water partition coefficient (Wildman–Crippen LogP) is 4.07. The van der Waals surface area contributed by atoms with Crippen molar-refractivity contribution in [2.24, 2.45) is 10.1 Å². The molecule has 0 amide bonds. The van der Waals surface area contributed by atoms with Gasteiger partial charge in [0.1, 0.15) is 11.6 Å². The zero-order chi connectivity index (χ0) is 20.2. The number of benzene rings is 1. The second-order valence-corrected chi connectivity index (χ2v) is 6.55. The smallest absolute Gasteiger partial charge is 0.153 e. The zero-order valence-corrected chi connectivity index (χ0v) is 16.1. The molecule has 0 bridgehead atoms. The van der Waals surface area contributed by atoms with E-state index in [9.17, 15) is 4.39 Å². The minimum absolute atomic E-state index is 0.394. The molecular weight excluding hydrogens is 367 g/mol. The Morgan fingerprint density at radius 2 is 2.14 bits per heavy atom. The highest BCUT2D eigenvalue weighted by atomic mass is 19.1. The number of hydrazone groups is 1. The third kappa shape index (κ3) is 3.80. The fourth-order valence-corrected chi connectivity index (χ4v) is 3.34. The lowest BCUT2D eigenvalue weighted by Gasteiger charge is -2.28. The van der Waals surface area contributed by atoms with Crippen molar-refractivity contribution in [1.29, 1.82) is 0 Å². The molecule has 2 N–H and O–H groups in total. The maximum absolute atomic E-state index is 13.6. The van der Waals surface area contributed by atoms with Crippen LogP contribution >= 0.6 is 0 Å². The van der Waals surface area contributed by atoms with Crippen molar-refractivity contribution in [2.45, 2.75) is 13.3 Å². The summed E-state index contributed by atoms with van der Waals surface area (Å²) in [5, 5.41) is 10.1. The van der Waals surface area contributed by atoms with Crippen molar-refractivity contribution in [3.05, 3.63) is 83.8 Å². The van der Waals surface area contributed by atoms with Crippen LogP contribution in [0.1, 0.15) is 18.1 Å². The molecular formula is C22H21FN6. The number of amidine groups is 1. The standard InChI is InChI=1S/C22H21FN6/c1-3-21-28-20(16-10-17(23)14-25-12-16)11-22(29(21)24-2)26-9-8-15-13-27-19-7-5-4-6-18(15)19/h3-7,10-14,27-28H,2,8-9H2,1H3/b21-3-,26-22?. The molecule has 0 atom stereocenters. The Kier molecular flexibility index (Phi) is 5.20. The van der Waals surface area contributed by atoms with E-state index < -0.39 is 5.82 Å². The number of para-hydroxylation sites is 1. The van der Waals surface area contributed by atoms with Crippen molar-refractivity contribution in [3.8, 4) is 0 Å². The lowest BCUT2D eigenvalue weighted by atomic mass is 10.1. The molecule has 1 aliphatic rings. The van der Waals surface area contributed by atoms with Crippen molar-refractivity contribution < 1.29 is 4.39 Å². The average Bonchev–Trinajstić information content (AvgIpc) is 3.16. The Bertz CT molecular complexity index is 1140. The number of nitrogens with zero attached hydrogens (tertiary/aromatic N) is 4. The Hall–Kier alpha value is -3.74. The van der Waals surface area contributed by atoms with Gasteiger partial charge in [0.2, 0.25) is 0 Å². The molecule has 6 nitrogen and oxygen atoms in total. The molecule has 4 rings (SSSR count). The monoisotopic (exact) mass is 388 g/mol. The molecule has 0 saturated carbocycles. The number of H-pyrrole nitrogens is 1. The minimum atomic E-state index is -0.394. The van der Waals surface area contributed by atoms with Crippen LogP contribution in [-0.4, -0.2) is 34.1 Å². The van der Waals surface area contributed by atoms with Gasteiger partial charge in [-0.15, -0.1) is 0 Å². The first-order chi connectivity index (χ1) is 14.2. The predicted molar refractivity (Wildman–Crippen MR) is 115 cm³/mol. The molecule has 0 unspecified atom stereocenters. The molecule has 7 heteroatoms. The topological polar surface area (TPSA) is 68.7 Å². The number of aromatic nitrogens is 2. The first kappa shape index (κ1) is 18.6.